The fourth-order valence-corrected chi connectivity index (χ4v) is 1.93. The minimum atomic E-state index is -0.461. The van der Waals surface area contributed by atoms with E-state index in [1.165, 1.54) is 0 Å². The van der Waals surface area contributed by atoms with Crippen LogP contribution >= 0.6 is 0 Å². The highest BCUT2D eigenvalue weighted by molar-refractivity contribution is 5.69. The Kier molecular flexibility index (Phi) is 6.06. The molecule has 5 nitrogen and oxygen atoms in total. The molecule has 120 valence electrons. The molecule has 5 heteroatoms. The molecular formula is C18H20N2O3. The molecule has 0 aliphatic carbocycles. The maximum atomic E-state index is 11.6. The molecule has 0 heterocycles. The quantitative estimate of drug-likeness (QED) is 0.803. The van der Waals surface area contributed by atoms with Crippen molar-refractivity contribution in [2.75, 3.05) is 19.4 Å². The van der Waals surface area contributed by atoms with Crippen LogP contribution in [0.3, 0.4) is 0 Å². The number of hydrogen-bond donors (Lipinski definition) is 2. The summed E-state index contributed by atoms with van der Waals surface area (Å²) >= 11 is 0. The zero-order valence-corrected chi connectivity index (χ0v) is 13.0. The molecule has 0 aliphatic rings. The summed E-state index contributed by atoms with van der Waals surface area (Å²) in [4.78, 5) is 11.6. The van der Waals surface area contributed by atoms with Crippen molar-refractivity contribution < 1.29 is 14.3 Å². The molecular weight excluding hydrogens is 292 g/mol. The Morgan fingerprint density at radius 1 is 1.22 bits per heavy atom. The van der Waals surface area contributed by atoms with Gasteiger partial charge in [-0.2, -0.15) is 0 Å². The number of methoxy groups -OCH3 is 1. The van der Waals surface area contributed by atoms with Gasteiger partial charge in [0.05, 0.1) is 7.11 Å². The maximum absolute atomic E-state index is 11.6. The predicted octanol–water partition coefficient (Wildman–Crippen LogP) is 3.22. The van der Waals surface area contributed by atoms with Gasteiger partial charge in [-0.3, -0.25) is 0 Å². The third-order valence-corrected chi connectivity index (χ3v) is 3.17. The number of nitrogens with two attached hydrogens (primary N) is 1. The Morgan fingerprint density at radius 3 is 2.74 bits per heavy atom. The molecule has 0 aromatic heterocycles. The number of carbonyl (C=O) groups excluding carboxylic acids is 1. The minimum Gasteiger partial charge on any atom is -0.497 e. The molecule has 3 N–H and O–H groups in total. The first-order chi connectivity index (χ1) is 11.2. The number of alkyl carbamates (subject to hydrolysis) is 1. The van der Waals surface area contributed by atoms with Crippen molar-refractivity contribution in [2.45, 2.75) is 6.61 Å². The van der Waals surface area contributed by atoms with Crippen LogP contribution in [0, 0.1) is 0 Å². The number of ether oxygens (including phenoxy) is 2. The van der Waals surface area contributed by atoms with E-state index < -0.39 is 6.09 Å². The van der Waals surface area contributed by atoms with Crippen molar-refractivity contribution in [1.29, 1.82) is 0 Å². The Bertz CT molecular complexity index is 669. The first-order valence-corrected chi connectivity index (χ1v) is 7.23. The molecule has 1 amide bonds. The second-order valence-corrected chi connectivity index (χ2v) is 4.84. The molecule has 2 aromatic carbocycles. The Morgan fingerprint density at radius 2 is 2.00 bits per heavy atom. The maximum Gasteiger partial charge on any atom is 0.407 e. The number of rotatable bonds is 6. The summed E-state index contributed by atoms with van der Waals surface area (Å²) in [6.45, 7) is 0.601. The summed E-state index contributed by atoms with van der Waals surface area (Å²) in [6.07, 6.45) is 3.17. The Balaban J connectivity index is 1.77. The summed E-state index contributed by atoms with van der Waals surface area (Å²) < 4.78 is 10.3. The van der Waals surface area contributed by atoms with Crippen LogP contribution in [-0.4, -0.2) is 19.7 Å². The number of nitrogen functional groups attached to an aromatic ring is 1. The standard InChI is InChI=1S/C18H20N2O3/c1-22-16-9-10-17(19)15(12-16)8-5-11-20-18(21)23-13-14-6-3-2-4-7-14/h2-10,12H,11,13,19H2,1H3,(H,20,21). The fourth-order valence-electron chi connectivity index (χ4n) is 1.93. The van der Waals surface area contributed by atoms with Crippen LogP contribution in [0.2, 0.25) is 0 Å². The van der Waals surface area contributed by atoms with E-state index in [9.17, 15) is 4.79 Å². The third kappa shape index (κ3) is 5.39. The highest BCUT2D eigenvalue weighted by Crippen LogP contribution is 2.20. The van der Waals surface area contributed by atoms with Gasteiger partial charge in [0.25, 0.3) is 0 Å². The van der Waals surface area contributed by atoms with Gasteiger partial charge in [0.2, 0.25) is 0 Å². The lowest BCUT2D eigenvalue weighted by atomic mass is 10.1. The van der Waals surface area contributed by atoms with Gasteiger partial charge in [0.1, 0.15) is 12.4 Å². The molecule has 0 saturated carbocycles. The number of benzene rings is 2. The largest absolute Gasteiger partial charge is 0.497 e. The van der Waals surface area contributed by atoms with Crippen LogP contribution in [0.1, 0.15) is 11.1 Å². The van der Waals surface area contributed by atoms with Gasteiger partial charge in [-0.1, -0.05) is 42.5 Å². The molecule has 0 saturated heterocycles. The molecule has 0 unspecified atom stereocenters. The summed E-state index contributed by atoms with van der Waals surface area (Å²) in [5, 5.41) is 2.65. The highest BCUT2D eigenvalue weighted by Gasteiger charge is 2.01. The zero-order valence-electron chi connectivity index (χ0n) is 13.0. The second-order valence-electron chi connectivity index (χ2n) is 4.84. The number of amides is 1. The van der Waals surface area contributed by atoms with E-state index in [1.54, 1.807) is 25.3 Å². The molecule has 0 aliphatic heterocycles. The number of hydrogen-bond acceptors (Lipinski definition) is 4. The van der Waals surface area contributed by atoms with Crippen LogP contribution < -0.4 is 15.8 Å². The smallest absolute Gasteiger partial charge is 0.407 e. The summed E-state index contributed by atoms with van der Waals surface area (Å²) in [5.41, 5.74) is 8.31. The molecule has 0 atom stereocenters. The van der Waals surface area contributed by atoms with E-state index in [0.717, 1.165) is 16.9 Å². The molecule has 0 radical (unpaired) electrons. The van der Waals surface area contributed by atoms with Crippen molar-refractivity contribution in [3.8, 4) is 5.75 Å². The average molecular weight is 312 g/mol. The first kappa shape index (κ1) is 16.4. The monoisotopic (exact) mass is 312 g/mol. The lowest BCUT2D eigenvalue weighted by Crippen LogP contribution is -2.24. The van der Waals surface area contributed by atoms with Crippen molar-refractivity contribution in [3.05, 3.63) is 65.7 Å². The minimum absolute atomic E-state index is 0.249. The van der Waals surface area contributed by atoms with Crippen LogP contribution in [0.4, 0.5) is 10.5 Å². The van der Waals surface area contributed by atoms with E-state index >= 15 is 0 Å². The second kappa shape index (κ2) is 8.48. The van der Waals surface area contributed by atoms with Crippen LogP contribution in [-0.2, 0) is 11.3 Å². The number of carbonyl (C=O) groups is 1. The fraction of sp³-hybridized carbons (Fsp3) is 0.167. The molecule has 2 aromatic rings. The lowest BCUT2D eigenvalue weighted by molar-refractivity contribution is 0.141. The molecule has 0 fully saturated rings. The highest BCUT2D eigenvalue weighted by atomic mass is 16.5. The average Bonchev–Trinajstić information content (AvgIpc) is 2.59. The van der Waals surface area contributed by atoms with Gasteiger partial charge in [-0.05, 0) is 23.8 Å². The predicted molar refractivity (Wildman–Crippen MR) is 91.1 cm³/mol. The van der Waals surface area contributed by atoms with E-state index in [4.69, 9.17) is 15.2 Å². The van der Waals surface area contributed by atoms with E-state index in [-0.39, 0.29) is 6.61 Å². The first-order valence-electron chi connectivity index (χ1n) is 7.23. The Labute approximate surface area is 135 Å². The zero-order chi connectivity index (χ0) is 16.5. The van der Waals surface area contributed by atoms with E-state index in [1.807, 2.05) is 42.5 Å². The van der Waals surface area contributed by atoms with Crippen molar-refractivity contribution in [2.24, 2.45) is 0 Å². The van der Waals surface area contributed by atoms with Crippen LogP contribution in [0.25, 0.3) is 6.08 Å². The topological polar surface area (TPSA) is 73.6 Å². The van der Waals surface area contributed by atoms with Gasteiger partial charge in [0.15, 0.2) is 0 Å². The lowest BCUT2D eigenvalue weighted by Gasteiger charge is -2.06. The van der Waals surface area contributed by atoms with Gasteiger partial charge < -0.3 is 20.5 Å². The van der Waals surface area contributed by atoms with Crippen molar-refractivity contribution in [3.63, 3.8) is 0 Å². The van der Waals surface area contributed by atoms with Crippen molar-refractivity contribution in [1.82, 2.24) is 5.32 Å². The van der Waals surface area contributed by atoms with Crippen LogP contribution in [0.15, 0.2) is 54.6 Å². The van der Waals surface area contributed by atoms with Gasteiger partial charge >= 0.3 is 6.09 Å². The van der Waals surface area contributed by atoms with Gasteiger partial charge in [-0.25, -0.2) is 4.79 Å². The third-order valence-electron chi connectivity index (χ3n) is 3.17. The Hall–Kier alpha value is -2.95. The molecule has 0 bridgehead atoms. The normalized spacial score (nSPS) is 10.5. The molecule has 2 rings (SSSR count). The van der Waals surface area contributed by atoms with Crippen molar-refractivity contribution >= 4 is 17.9 Å². The van der Waals surface area contributed by atoms with Gasteiger partial charge in [-0.15, -0.1) is 0 Å². The van der Waals surface area contributed by atoms with E-state index in [2.05, 4.69) is 5.32 Å². The summed E-state index contributed by atoms with van der Waals surface area (Å²) in [6, 6.07) is 14.9. The van der Waals surface area contributed by atoms with E-state index in [0.29, 0.717) is 12.2 Å². The van der Waals surface area contributed by atoms with Gasteiger partial charge in [0, 0.05) is 17.8 Å². The summed E-state index contributed by atoms with van der Waals surface area (Å²) in [7, 11) is 1.60. The molecule has 23 heavy (non-hydrogen) atoms. The van der Waals surface area contributed by atoms with Crippen LogP contribution in [0.5, 0.6) is 5.75 Å². The SMILES string of the molecule is COc1ccc(N)c(C=CCNC(=O)OCc2ccccc2)c1. The number of anilines is 1. The number of nitrogens with one attached hydrogen (secondary N) is 1. The molecule has 0 spiro atoms. The summed E-state index contributed by atoms with van der Waals surface area (Å²) in [5.74, 6) is 0.731.